The van der Waals surface area contributed by atoms with E-state index in [1.807, 2.05) is 12.3 Å². The summed E-state index contributed by atoms with van der Waals surface area (Å²) < 4.78 is 0. The van der Waals surface area contributed by atoms with Gasteiger partial charge in [-0.1, -0.05) is 0 Å². The van der Waals surface area contributed by atoms with E-state index in [0.29, 0.717) is 12.1 Å². The summed E-state index contributed by atoms with van der Waals surface area (Å²) in [5.41, 5.74) is 1.93. The number of anilines is 1. The molecule has 1 N–H and O–H groups in total. The van der Waals surface area contributed by atoms with Crippen LogP contribution >= 0.6 is 0 Å². The molecule has 3 heterocycles. The highest BCUT2D eigenvalue weighted by molar-refractivity contribution is 5.47. The van der Waals surface area contributed by atoms with Crippen LogP contribution in [-0.2, 0) is 0 Å². The Hall–Kier alpha value is -1.13. The van der Waals surface area contributed by atoms with Gasteiger partial charge in [0.05, 0.1) is 23.7 Å². The van der Waals surface area contributed by atoms with Crippen molar-refractivity contribution < 1.29 is 5.11 Å². The Balaban J connectivity index is 1.77. The zero-order chi connectivity index (χ0) is 13.4. The van der Waals surface area contributed by atoms with Crippen LogP contribution in [0.25, 0.3) is 0 Å². The molecule has 0 spiro atoms. The zero-order valence-electron chi connectivity index (χ0n) is 11.8. The zero-order valence-corrected chi connectivity index (χ0v) is 11.8. The number of rotatable bonds is 2. The number of aliphatic hydroxyl groups is 1. The molecule has 4 nitrogen and oxygen atoms in total. The third-order valence-corrected chi connectivity index (χ3v) is 4.47. The average molecular weight is 261 g/mol. The van der Waals surface area contributed by atoms with E-state index in [0.717, 1.165) is 18.8 Å². The first-order chi connectivity index (χ1) is 9.15. The van der Waals surface area contributed by atoms with Crippen molar-refractivity contribution in [1.29, 1.82) is 0 Å². The van der Waals surface area contributed by atoms with Gasteiger partial charge in [0, 0.05) is 25.2 Å². The molecule has 1 aromatic heterocycles. The number of hydrogen-bond donors (Lipinski definition) is 1. The summed E-state index contributed by atoms with van der Waals surface area (Å²) in [5.74, 6) is 0. The molecule has 0 aromatic carbocycles. The van der Waals surface area contributed by atoms with Crippen molar-refractivity contribution in [3.63, 3.8) is 0 Å². The van der Waals surface area contributed by atoms with Crippen LogP contribution in [0.2, 0.25) is 0 Å². The van der Waals surface area contributed by atoms with Gasteiger partial charge >= 0.3 is 0 Å². The minimum atomic E-state index is -0.488. The molecule has 0 amide bonds. The molecule has 1 aromatic rings. The third kappa shape index (κ3) is 2.47. The highest BCUT2D eigenvalue weighted by Gasteiger charge is 2.34. The third-order valence-electron chi connectivity index (χ3n) is 4.47. The van der Waals surface area contributed by atoms with Gasteiger partial charge in [-0.3, -0.25) is 9.88 Å². The summed E-state index contributed by atoms with van der Waals surface area (Å²) in [5, 5.41) is 9.52. The van der Waals surface area contributed by atoms with Gasteiger partial charge in [-0.25, -0.2) is 0 Å². The quantitative estimate of drug-likeness (QED) is 0.881. The van der Waals surface area contributed by atoms with E-state index >= 15 is 0 Å². The van der Waals surface area contributed by atoms with Crippen LogP contribution in [0.15, 0.2) is 18.3 Å². The van der Waals surface area contributed by atoms with E-state index in [1.165, 1.54) is 25.1 Å². The fraction of sp³-hybridized carbons (Fsp3) is 0.667. The van der Waals surface area contributed by atoms with Crippen molar-refractivity contribution in [3.05, 3.63) is 24.0 Å². The first-order valence-electron chi connectivity index (χ1n) is 7.30. The summed E-state index contributed by atoms with van der Waals surface area (Å²) in [6.45, 7) is 7.57. The number of piperazine rings is 1. The Morgan fingerprint density at radius 3 is 2.89 bits per heavy atom. The van der Waals surface area contributed by atoms with Gasteiger partial charge < -0.3 is 10.0 Å². The van der Waals surface area contributed by atoms with Gasteiger partial charge in [0.15, 0.2) is 0 Å². The molecule has 2 unspecified atom stereocenters. The molecule has 0 radical (unpaired) electrons. The van der Waals surface area contributed by atoms with Crippen molar-refractivity contribution in [1.82, 2.24) is 9.88 Å². The van der Waals surface area contributed by atoms with E-state index in [9.17, 15) is 5.11 Å². The van der Waals surface area contributed by atoms with Gasteiger partial charge in [0.2, 0.25) is 0 Å². The average Bonchev–Trinajstić information content (AvgIpc) is 2.85. The van der Waals surface area contributed by atoms with Crippen molar-refractivity contribution in [2.45, 2.75) is 44.9 Å². The van der Waals surface area contributed by atoms with E-state index in [1.54, 1.807) is 6.92 Å². The SMILES string of the molecule is CC1CN2CCCC2CN1c1ccc([C@@H](C)O)nc1. The standard InChI is InChI=1S/C15H23N3O/c1-11-9-17-7-3-4-14(17)10-18(11)13-5-6-15(12(2)19)16-8-13/h5-6,8,11-12,14,19H,3-4,7,9-10H2,1-2H3/t11?,12-,14?/m1/s1. The fourth-order valence-electron chi connectivity index (χ4n) is 3.36. The Morgan fingerprint density at radius 2 is 2.21 bits per heavy atom. The number of aromatic nitrogens is 1. The van der Waals surface area contributed by atoms with E-state index in [2.05, 4.69) is 27.8 Å². The second-order valence-corrected chi connectivity index (χ2v) is 5.91. The highest BCUT2D eigenvalue weighted by atomic mass is 16.3. The lowest BCUT2D eigenvalue weighted by Crippen LogP contribution is -2.55. The molecule has 0 bridgehead atoms. The summed E-state index contributed by atoms with van der Waals surface area (Å²) in [4.78, 5) is 9.46. The van der Waals surface area contributed by atoms with Crippen LogP contribution in [0.5, 0.6) is 0 Å². The lowest BCUT2D eigenvalue weighted by Gasteiger charge is -2.43. The van der Waals surface area contributed by atoms with Gasteiger partial charge in [0.1, 0.15) is 0 Å². The summed E-state index contributed by atoms with van der Waals surface area (Å²) >= 11 is 0. The molecule has 2 fully saturated rings. The highest BCUT2D eigenvalue weighted by Crippen LogP contribution is 2.28. The number of hydrogen-bond acceptors (Lipinski definition) is 4. The summed E-state index contributed by atoms with van der Waals surface area (Å²) in [7, 11) is 0. The molecule has 2 aliphatic rings. The van der Waals surface area contributed by atoms with Gasteiger partial charge in [-0.15, -0.1) is 0 Å². The monoisotopic (exact) mass is 261 g/mol. The van der Waals surface area contributed by atoms with Crippen molar-refractivity contribution in [2.24, 2.45) is 0 Å². The molecule has 0 saturated carbocycles. The van der Waals surface area contributed by atoms with Crippen molar-refractivity contribution in [3.8, 4) is 0 Å². The van der Waals surface area contributed by atoms with Gasteiger partial charge in [0.25, 0.3) is 0 Å². The van der Waals surface area contributed by atoms with E-state index in [-0.39, 0.29) is 0 Å². The molecule has 19 heavy (non-hydrogen) atoms. The Labute approximate surface area is 115 Å². The largest absolute Gasteiger partial charge is 0.387 e. The molecule has 0 aliphatic carbocycles. The van der Waals surface area contributed by atoms with E-state index < -0.39 is 6.10 Å². The smallest absolute Gasteiger partial charge is 0.0931 e. The molecular formula is C15H23N3O. The molecule has 2 aliphatic heterocycles. The minimum Gasteiger partial charge on any atom is -0.387 e. The van der Waals surface area contributed by atoms with Gasteiger partial charge in [-0.05, 0) is 45.4 Å². The molecular weight excluding hydrogens is 238 g/mol. The maximum Gasteiger partial charge on any atom is 0.0931 e. The van der Waals surface area contributed by atoms with E-state index in [4.69, 9.17) is 0 Å². The Bertz CT molecular complexity index is 432. The number of pyridine rings is 1. The maximum absolute atomic E-state index is 9.52. The first kappa shape index (κ1) is 12.9. The Morgan fingerprint density at radius 1 is 1.37 bits per heavy atom. The van der Waals surface area contributed by atoms with Crippen LogP contribution in [0.3, 0.4) is 0 Å². The second-order valence-electron chi connectivity index (χ2n) is 5.91. The predicted molar refractivity (Wildman–Crippen MR) is 76.3 cm³/mol. The van der Waals surface area contributed by atoms with Crippen LogP contribution in [0.4, 0.5) is 5.69 Å². The van der Waals surface area contributed by atoms with Crippen LogP contribution in [0, 0.1) is 0 Å². The fourth-order valence-corrected chi connectivity index (χ4v) is 3.36. The molecule has 3 atom stereocenters. The summed E-state index contributed by atoms with van der Waals surface area (Å²) in [6.07, 6.45) is 4.08. The molecule has 2 saturated heterocycles. The molecule has 104 valence electrons. The summed E-state index contributed by atoms with van der Waals surface area (Å²) in [6, 6.07) is 5.28. The number of fused-ring (bicyclic) bond motifs is 1. The minimum absolute atomic E-state index is 0.488. The normalized spacial score (nSPS) is 29.3. The second kappa shape index (κ2) is 5.10. The van der Waals surface area contributed by atoms with Crippen molar-refractivity contribution in [2.75, 3.05) is 24.5 Å². The Kier molecular flexibility index (Phi) is 3.46. The predicted octanol–water partition coefficient (Wildman–Crippen LogP) is 1.81. The van der Waals surface area contributed by atoms with Crippen LogP contribution in [0.1, 0.15) is 38.5 Å². The first-order valence-corrected chi connectivity index (χ1v) is 7.30. The van der Waals surface area contributed by atoms with Crippen LogP contribution < -0.4 is 4.90 Å². The number of nitrogens with zero attached hydrogens (tertiary/aromatic N) is 3. The molecule has 4 heteroatoms. The van der Waals surface area contributed by atoms with Gasteiger partial charge in [-0.2, -0.15) is 0 Å². The van der Waals surface area contributed by atoms with Crippen LogP contribution in [-0.4, -0.2) is 46.7 Å². The maximum atomic E-state index is 9.52. The molecule has 3 rings (SSSR count). The lowest BCUT2D eigenvalue weighted by atomic mass is 10.1. The number of aliphatic hydroxyl groups excluding tert-OH is 1. The lowest BCUT2D eigenvalue weighted by molar-refractivity contribution is 0.194. The van der Waals surface area contributed by atoms with Crippen molar-refractivity contribution >= 4 is 5.69 Å². The topological polar surface area (TPSA) is 39.6 Å².